The minimum absolute atomic E-state index is 0.0648. The van der Waals surface area contributed by atoms with Gasteiger partial charge in [0, 0.05) is 22.9 Å². The molecule has 0 saturated carbocycles. The first-order chi connectivity index (χ1) is 26.4. The number of hydrogen-bond donors (Lipinski definition) is 0. The number of benzene rings is 5. The normalized spacial score (nSPS) is 12.7. The molecule has 0 fully saturated rings. The van der Waals surface area contributed by atoms with Gasteiger partial charge in [-0.3, -0.25) is 0 Å². The number of fused-ring (bicyclic) bond motifs is 3. The molecule has 0 saturated heterocycles. The number of ether oxygens (including phenoxy) is 2. The summed E-state index contributed by atoms with van der Waals surface area (Å²) >= 11 is 0. The van der Waals surface area contributed by atoms with Crippen LogP contribution in [0.5, 0.6) is 11.5 Å². The maximum absolute atomic E-state index is 5.91. The van der Waals surface area contributed by atoms with Crippen molar-refractivity contribution < 1.29 is 9.47 Å². The minimum atomic E-state index is 0.0648. The van der Waals surface area contributed by atoms with Gasteiger partial charge in [-0.1, -0.05) is 157 Å². The first kappa shape index (κ1) is 39.2. The van der Waals surface area contributed by atoms with Crippen LogP contribution in [0.1, 0.15) is 126 Å². The lowest BCUT2D eigenvalue weighted by Gasteiger charge is -2.33. The van der Waals surface area contributed by atoms with Crippen molar-refractivity contribution in [1.82, 2.24) is 0 Å². The first-order valence-electron chi connectivity index (χ1n) is 20.9. The van der Waals surface area contributed by atoms with Crippen molar-refractivity contribution in [2.75, 3.05) is 19.1 Å². The van der Waals surface area contributed by atoms with Crippen LogP contribution in [-0.2, 0) is 5.41 Å². The van der Waals surface area contributed by atoms with Crippen LogP contribution < -0.4 is 14.4 Å². The van der Waals surface area contributed by atoms with Crippen LogP contribution in [0.25, 0.3) is 22.3 Å². The predicted octanol–water partition coefficient (Wildman–Crippen LogP) is 15.2. The summed E-state index contributed by atoms with van der Waals surface area (Å²) in [6.07, 6.45) is 18.4. The topological polar surface area (TPSA) is 21.7 Å². The summed E-state index contributed by atoms with van der Waals surface area (Å²) in [6.45, 7) is 9.03. The molecule has 54 heavy (non-hydrogen) atoms. The Balaban J connectivity index is 1.37. The van der Waals surface area contributed by atoms with Crippen molar-refractivity contribution in [3.63, 3.8) is 0 Å². The number of nitrogens with zero attached hydrogens (tertiary/aromatic N) is 1. The Hall–Kier alpha value is -4.50. The van der Waals surface area contributed by atoms with Gasteiger partial charge in [0.2, 0.25) is 0 Å². The number of hydrogen-bond acceptors (Lipinski definition) is 3. The molecule has 0 N–H and O–H groups in total. The number of methoxy groups -OCH3 is 2. The van der Waals surface area contributed by atoms with E-state index in [-0.39, 0.29) is 5.41 Å². The van der Waals surface area contributed by atoms with Crippen LogP contribution in [0.15, 0.2) is 103 Å². The van der Waals surface area contributed by atoms with Gasteiger partial charge in [0.25, 0.3) is 0 Å². The predicted molar refractivity (Wildman–Crippen MR) is 231 cm³/mol. The Bertz CT molecular complexity index is 1920. The lowest BCUT2D eigenvalue weighted by Crippen LogP contribution is -2.25. The Morgan fingerprint density at radius 2 is 1.00 bits per heavy atom. The lowest BCUT2D eigenvalue weighted by molar-refractivity contribution is 0.395. The van der Waals surface area contributed by atoms with Crippen molar-refractivity contribution in [1.29, 1.82) is 0 Å². The second-order valence-electron chi connectivity index (χ2n) is 15.7. The summed E-state index contributed by atoms with van der Waals surface area (Å²) in [5.74, 6) is 1.53. The van der Waals surface area contributed by atoms with Crippen LogP contribution in [0, 0.1) is 13.8 Å². The Morgan fingerprint density at radius 3 is 1.59 bits per heavy atom. The Kier molecular flexibility index (Phi) is 13.6. The molecular weight excluding hydrogens is 659 g/mol. The summed E-state index contributed by atoms with van der Waals surface area (Å²) in [6, 6.07) is 38.4. The molecule has 0 bridgehead atoms. The molecule has 3 nitrogen and oxygen atoms in total. The molecular formula is C51H63NO2. The van der Waals surface area contributed by atoms with E-state index >= 15 is 0 Å². The first-order valence-corrected chi connectivity index (χ1v) is 20.9. The van der Waals surface area contributed by atoms with Gasteiger partial charge in [0.1, 0.15) is 11.5 Å². The molecule has 3 heteroatoms. The van der Waals surface area contributed by atoms with Gasteiger partial charge < -0.3 is 14.4 Å². The van der Waals surface area contributed by atoms with E-state index in [1.807, 2.05) is 12.1 Å². The van der Waals surface area contributed by atoms with Crippen LogP contribution in [0.4, 0.5) is 17.1 Å². The zero-order chi connectivity index (χ0) is 37.9. The van der Waals surface area contributed by atoms with Gasteiger partial charge in [-0.15, -0.1) is 0 Å². The fourth-order valence-electron chi connectivity index (χ4n) is 8.76. The number of aryl methyl sites for hydroxylation is 2. The van der Waals surface area contributed by atoms with Crippen LogP contribution in [0.2, 0.25) is 0 Å². The SMILES string of the molecule is CCCCCCCCC1(CCCCCCCC)c2cc(C)ccc2-c2ccc(-c3ccc(N(c4ccc(C)cc4)c4ccc(OC)cc4OC)cc3)cc21. The van der Waals surface area contributed by atoms with Gasteiger partial charge in [-0.25, -0.2) is 0 Å². The largest absolute Gasteiger partial charge is 0.497 e. The maximum Gasteiger partial charge on any atom is 0.146 e. The molecule has 0 heterocycles. The molecule has 0 aromatic heterocycles. The van der Waals surface area contributed by atoms with Crippen LogP contribution >= 0.6 is 0 Å². The summed E-state index contributed by atoms with van der Waals surface area (Å²) in [5, 5.41) is 0. The standard InChI is InChI=1S/C51H63NO2/c1-7-9-11-13-15-17-33-51(34-18-16-14-12-10-8-2)47-35-39(4)21-30-45(47)46-31-24-41(36-48(46)51)40-22-27-43(28-23-40)52(42-25-19-38(3)20-26-42)49-32-29-44(53-5)37-50(49)54-6/h19-32,35-37H,7-18,33-34H2,1-6H3. The summed E-state index contributed by atoms with van der Waals surface area (Å²) in [7, 11) is 3.41. The highest BCUT2D eigenvalue weighted by Crippen LogP contribution is 2.55. The van der Waals surface area contributed by atoms with Crippen molar-refractivity contribution in [2.24, 2.45) is 0 Å². The Morgan fingerprint density at radius 1 is 0.481 bits per heavy atom. The zero-order valence-corrected chi connectivity index (χ0v) is 34.0. The van der Waals surface area contributed by atoms with E-state index in [9.17, 15) is 0 Å². The average molecular weight is 722 g/mol. The molecule has 0 unspecified atom stereocenters. The zero-order valence-electron chi connectivity index (χ0n) is 34.0. The molecule has 0 radical (unpaired) electrons. The van der Waals surface area contributed by atoms with Crippen molar-refractivity contribution in [2.45, 2.75) is 123 Å². The minimum Gasteiger partial charge on any atom is -0.497 e. The van der Waals surface area contributed by atoms with E-state index in [4.69, 9.17) is 9.47 Å². The van der Waals surface area contributed by atoms with Gasteiger partial charge >= 0.3 is 0 Å². The van der Waals surface area contributed by atoms with E-state index in [1.165, 1.54) is 123 Å². The molecule has 0 atom stereocenters. The van der Waals surface area contributed by atoms with Gasteiger partial charge in [-0.2, -0.15) is 0 Å². The molecule has 1 aliphatic carbocycles. The van der Waals surface area contributed by atoms with Gasteiger partial charge in [0.15, 0.2) is 0 Å². The molecule has 0 aliphatic heterocycles. The fraction of sp³-hybridized carbons (Fsp3) is 0.412. The fourth-order valence-corrected chi connectivity index (χ4v) is 8.76. The van der Waals surface area contributed by atoms with E-state index in [0.717, 1.165) is 28.6 Å². The smallest absolute Gasteiger partial charge is 0.146 e. The number of rotatable bonds is 20. The summed E-state index contributed by atoms with van der Waals surface area (Å²) in [5.41, 5.74) is 14.4. The third-order valence-electron chi connectivity index (χ3n) is 11.8. The van der Waals surface area contributed by atoms with E-state index in [1.54, 1.807) is 25.3 Å². The monoisotopic (exact) mass is 721 g/mol. The number of unbranched alkanes of at least 4 members (excludes halogenated alkanes) is 10. The number of anilines is 3. The van der Waals surface area contributed by atoms with Crippen LogP contribution in [-0.4, -0.2) is 14.2 Å². The average Bonchev–Trinajstić information content (AvgIpc) is 3.46. The quantitative estimate of drug-likeness (QED) is 0.0747. The molecule has 0 spiro atoms. The van der Waals surface area contributed by atoms with E-state index in [0.29, 0.717) is 0 Å². The van der Waals surface area contributed by atoms with Crippen LogP contribution in [0.3, 0.4) is 0 Å². The van der Waals surface area contributed by atoms with Crippen molar-refractivity contribution >= 4 is 17.1 Å². The molecule has 6 rings (SSSR count). The summed E-state index contributed by atoms with van der Waals surface area (Å²) in [4.78, 5) is 2.27. The highest BCUT2D eigenvalue weighted by atomic mass is 16.5. The van der Waals surface area contributed by atoms with Gasteiger partial charge in [0.05, 0.1) is 19.9 Å². The highest BCUT2D eigenvalue weighted by Gasteiger charge is 2.42. The molecule has 1 aliphatic rings. The highest BCUT2D eigenvalue weighted by molar-refractivity contribution is 5.85. The molecule has 5 aromatic carbocycles. The third kappa shape index (κ3) is 8.72. The lowest BCUT2D eigenvalue weighted by atomic mass is 9.70. The van der Waals surface area contributed by atoms with Crippen molar-refractivity contribution in [3.8, 4) is 33.8 Å². The summed E-state index contributed by atoms with van der Waals surface area (Å²) < 4.78 is 11.4. The maximum atomic E-state index is 5.91. The second kappa shape index (κ2) is 18.7. The second-order valence-corrected chi connectivity index (χ2v) is 15.7. The Labute approximate surface area is 326 Å². The molecule has 284 valence electrons. The van der Waals surface area contributed by atoms with E-state index in [2.05, 4.69) is 124 Å². The molecule has 0 amide bonds. The molecule has 5 aromatic rings. The van der Waals surface area contributed by atoms with Gasteiger partial charge in [-0.05, 0) is 103 Å². The van der Waals surface area contributed by atoms with Crippen molar-refractivity contribution in [3.05, 3.63) is 125 Å². The third-order valence-corrected chi connectivity index (χ3v) is 11.8. The van der Waals surface area contributed by atoms with E-state index < -0.39 is 0 Å².